The average Bonchev–Trinajstić information content (AvgIpc) is 1.95. The maximum absolute atomic E-state index is 5.82. The molecule has 0 amide bonds. The molecule has 0 aromatic rings. The van der Waals surface area contributed by atoms with Crippen molar-refractivity contribution in [1.82, 2.24) is 0 Å². The molecule has 0 N–H and O–H groups in total. The predicted molar refractivity (Wildman–Crippen MR) is 77.7 cm³/mol. The van der Waals surface area contributed by atoms with Crippen molar-refractivity contribution in [2.75, 3.05) is 6.61 Å². The molecule has 3 nitrogen and oxygen atoms in total. The SMILES string of the molecule is C=C(C=C(OCC)O[Si](C)(C)C)O[Si](C)(C)C. The zero-order valence-electron chi connectivity index (χ0n) is 12.2. The van der Waals surface area contributed by atoms with E-state index in [1.54, 1.807) is 6.08 Å². The van der Waals surface area contributed by atoms with Crippen LogP contribution < -0.4 is 0 Å². The topological polar surface area (TPSA) is 27.7 Å². The molecule has 0 aromatic heterocycles. The van der Waals surface area contributed by atoms with E-state index in [9.17, 15) is 0 Å². The highest BCUT2D eigenvalue weighted by molar-refractivity contribution is 6.70. The molecule has 0 fully saturated rings. The van der Waals surface area contributed by atoms with Gasteiger partial charge < -0.3 is 13.6 Å². The molecule has 0 unspecified atom stereocenters. The summed E-state index contributed by atoms with van der Waals surface area (Å²) in [5.74, 6) is 1.14. The minimum atomic E-state index is -1.66. The molecular weight excluding hydrogens is 248 g/mol. The molecule has 0 spiro atoms. The van der Waals surface area contributed by atoms with Crippen LogP contribution in [0.3, 0.4) is 0 Å². The summed E-state index contributed by atoms with van der Waals surface area (Å²) in [6, 6.07) is 0. The Morgan fingerprint density at radius 2 is 1.47 bits per heavy atom. The first-order valence-electron chi connectivity index (χ1n) is 5.95. The van der Waals surface area contributed by atoms with Gasteiger partial charge in [0.25, 0.3) is 5.95 Å². The third-order valence-electron chi connectivity index (χ3n) is 1.41. The van der Waals surface area contributed by atoms with Crippen LogP contribution >= 0.6 is 0 Å². The van der Waals surface area contributed by atoms with E-state index in [1.807, 2.05) is 6.92 Å². The molecule has 100 valence electrons. The van der Waals surface area contributed by atoms with Gasteiger partial charge in [0.05, 0.1) is 12.7 Å². The predicted octanol–water partition coefficient (Wildman–Crippen LogP) is 4.08. The van der Waals surface area contributed by atoms with Gasteiger partial charge in [-0.05, 0) is 46.2 Å². The second-order valence-corrected chi connectivity index (χ2v) is 14.6. The Balaban J connectivity index is 4.64. The Bertz CT molecular complexity index is 285. The van der Waals surface area contributed by atoms with Crippen molar-refractivity contribution in [3.63, 3.8) is 0 Å². The highest BCUT2D eigenvalue weighted by atomic mass is 28.4. The minimum Gasteiger partial charge on any atom is -0.545 e. The summed E-state index contributed by atoms with van der Waals surface area (Å²) in [4.78, 5) is 0. The maximum Gasteiger partial charge on any atom is 0.268 e. The van der Waals surface area contributed by atoms with Crippen LogP contribution in [0, 0.1) is 0 Å². The Morgan fingerprint density at radius 3 is 1.82 bits per heavy atom. The van der Waals surface area contributed by atoms with E-state index in [2.05, 4.69) is 45.9 Å². The summed E-state index contributed by atoms with van der Waals surface area (Å²) in [6.07, 6.45) is 1.75. The number of rotatable bonds is 7. The summed E-state index contributed by atoms with van der Waals surface area (Å²) >= 11 is 0. The van der Waals surface area contributed by atoms with Crippen molar-refractivity contribution < 1.29 is 13.6 Å². The second kappa shape index (κ2) is 6.30. The summed E-state index contributed by atoms with van der Waals surface area (Å²) < 4.78 is 17.0. The Morgan fingerprint density at radius 1 is 1.00 bits per heavy atom. The number of hydrogen-bond acceptors (Lipinski definition) is 3. The first kappa shape index (κ1) is 16.3. The molecule has 0 aliphatic rings. The third-order valence-corrected chi connectivity index (χ3v) is 3.10. The van der Waals surface area contributed by atoms with Crippen LogP contribution in [0.25, 0.3) is 0 Å². The molecule has 0 saturated carbocycles. The van der Waals surface area contributed by atoms with Gasteiger partial charge in [0.2, 0.25) is 16.6 Å². The molecule has 0 rings (SSSR count). The van der Waals surface area contributed by atoms with E-state index >= 15 is 0 Å². The molecule has 0 radical (unpaired) electrons. The molecule has 0 aromatic carbocycles. The Labute approximate surface area is 108 Å². The van der Waals surface area contributed by atoms with Crippen molar-refractivity contribution in [1.29, 1.82) is 0 Å². The molecular formula is C12H26O3Si2. The van der Waals surface area contributed by atoms with Crippen molar-refractivity contribution in [3.8, 4) is 0 Å². The summed E-state index contributed by atoms with van der Waals surface area (Å²) in [5, 5.41) is 0. The van der Waals surface area contributed by atoms with E-state index in [4.69, 9.17) is 13.6 Å². The quantitative estimate of drug-likeness (QED) is 0.398. The summed E-state index contributed by atoms with van der Waals surface area (Å²) in [7, 11) is -3.27. The van der Waals surface area contributed by atoms with Crippen LogP contribution in [-0.2, 0) is 13.6 Å². The van der Waals surface area contributed by atoms with Crippen molar-refractivity contribution in [3.05, 3.63) is 24.4 Å². The monoisotopic (exact) mass is 274 g/mol. The van der Waals surface area contributed by atoms with Gasteiger partial charge in [-0.25, -0.2) is 0 Å². The number of ether oxygens (including phenoxy) is 1. The van der Waals surface area contributed by atoms with Gasteiger partial charge in [-0.3, -0.25) is 0 Å². The fourth-order valence-corrected chi connectivity index (χ4v) is 2.67. The lowest BCUT2D eigenvalue weighted by atomic mass is 10.5. The van der Waals surface area contributed by atoms with Crippen LogP contribution in [0.5, 0.6) is 0 Å². The lowest BCUT2D eigenvalue weighted by Gasteiger charge is -2.23. The van der Waals surface area contributed by atoms with Gasteiger partial charge in [-0.15, -0.1) is 0 Å². The average molecular weight is 275 g/mol. The van der Waals surface area contributed by atoms with E-state index in [-0.39, 0.29) is 0 Å². The molecule has 0 bridgehead atoms. The standard InChI is InChI=1S/C12H26O3Si2/c1-9-13-12(15-17(6,7)8)10-11(2)14-16(3,4)5/h10H,2,9H2,1,3-8H3. The minimum absolute atomic E-state index is 0.523. The van der Waals surface area contributed by atoms with Gasteiger partial charge in [0, 0.05) is 0 Å². The molecule has 0 aliphatic heterocycles. The van der Waals surface area contributed by atoms with Crippen molar-refractivity contribution in [2.24, 2.45) is 0 Å². The number of hydrogen-bond donors (Lipinski definition) is 0. The van der Waals surface area contributed by atoms with Gasteiger partial charge in [-0.1, -0.05) is 6.58 Å². The Kier molecular flexibility index (Phi) is 6.05. The van der Waals surface area contributed by atoms with Crippen LogP contribution in [0.1, 0.15) is 6.92 Å². The van der Waals surface area contributed by atoms with Gasteiger partial charge in [-0.2, -0.15) is 0 Å². The highest BCUT2D eigenvalue weighted by Gasteiger charge is 2.20. The van der Waals surface area contributed by atoms with E-state index in [1.165, 1.54) is 0 Å². The van der Waals surface area contributed by atoms with Gasteiger partial charge in [0.15, 0.2) is 0 Å². The molecule has 17 heavy (non-hydrogen) atoms. The van der Waals surface area contributed by atoms with E-state index in [0.29, 0.717) is 18.3 Å². The smallest absolute Gasteiger partial charge is 0.268 e. The second-order valence-electron chi connectivity index (χ2n) is 5.79. The van der Waals surface area contributed by atoms with Crippen LogP contribution in [0.2, 0.25) is 39.3 Å². The number of allylic oxidation sites excluding steroid dienone is 1. The first-order chi connectivity index (χ1) is 7.53. The van der Waals surface area contributed by atoms with Gasteiger partial charge in [0.1, 0.15) is 5.76 Å². The van der Waals surface area contributed by atoms with Crippen LogP contribution in [0.4, 0.5) is 0 Å². The molecule has 0 aliphatic carbocycles. The van der Waals surface area contributed by atoms with Gasteiger partial charge >= 0.3 is 0 Å². The fraction of sp³-hybridized carbons (Fsp3) is 0.667. The van der Waals surface area contributed by atoms with E-state index in [0.717, 1.165) is 0 Å². The van der Waals surface area contributed by atoms with Crippen molar-refractivity contribution in [2.45, 2.75) is 46.2 Å². The molecule has 5 heteroatoms. The third kappa shape index (κ3) is 10.2. The lowest BCUT2D eigenvalue weighted by molar-refractivity contribution is 0.111. The summed E-state index contributed by atoms with van der Waals surface area (Å²) in [6.45, 7) is 19.1. The molecule has 0 atom stereocenters. The van der Waals surface area contributed by atoms with E-state index < -0.39 is 16.6 Å². The van der Waals surface area contributed by atoms with Crippen LogP contribution in [0.15, 0.2) is 24.4 Å². The normalized spacial score (nSPS) is 13.2. The lowest BCUT2D eigenvalue weighted by Crippen LogP contribution is -2.27. The maximum atomic E-state index is 5.82. The Hall–Kier alpha value is -0.686. The zero-order chi connectivity index (χ0) is 13.7. The summed E-state index contributed by atoms with van der Waals surface area (Å²) in [5.41, 5.74) is 0. The van der Waals surface area contributed by atoms with Crippen LogP contribution in [-0.4, -0.2) is 23.2 Å². The molecule has 0 heterocycles. The zero-order valence-corrected chi connectivity index (χ0v) is 14.2. The fourth-order valence-electron chi connectivity index (χ4n) is 1.10. The largest absolute Gasteiger partial charge is 0.545 e. The molecule has 0 saturated heterocycles. The highest BCUT2D eigenvalue weighted by Crippen LogP contribution is 2.16. The van der Waals surface area contributed by atoms with Crippen molar-refractivity contribution >= 4 is 16.6 Å². The first-order valence-corrected chi connectivity index (χ1v) is 12.8.